The van der Waals surface area contributed by atoms with Gasteiger partial charge in [0.15, 0.2) is 0 Å². The van der Waals surface area contributed by atoms with Crippen molar-refractivity contribution in [3.63, 3.8) is 0 Å². The van der Waals surface area contributed by atoms with E-state index in [1.165, 1.54) is 19.2 Å². The molecule has 0 spiro atoms. The Hall–Kier alpha value is -3.36. The lowest BCUT2D eigenvalue weighted by Crippen LogP contribution is -2.38. The van der Waals surface area contributed by atoms with Gasteiger partial charge in [-0.1, -0.05) is 36.4 Å². The van der Waals surface area contributed by atoms with Crippen LogP contribution in [0.4, 0.5) is 11.4 Å². The fourth-order valence-corrected chi connectivity index (χ4v) is 4.70. The number of ether oxygens (including phenoxy) is 2. The first-order chi connectivity index (χ1) is 15.3. The van der Waals surface area contributed by atoms with Crippen LogP contribution in [0.3, 0.4) is 0 Å². The Kier molecular flexibility index (Phi) is 7.50. The smallest absolute Gasteiger partial charge is 0.264 e. The fraction of sp³-hybridized carbons (Fsp3) is 0.208. The van der Waals surface area contributed by atoms with Gasteiger partial charge >= 0.3 is 0 Å². The van der Waals surface area contributed by atoms with Crippen LogP contribution in [0.1, 0.15) is 11.1 Å². The predicted octanol–water partition coefficient (Wildman–Crippen LogP) is 3.98. The van der Waals surface area contributed by atoms with E-state index in [0.717, 1.165) is 15.4 Å². The molecular formula is C24H26N2O5S. The number of carbonyl (C=O) groups is 1. The summed E-state index contributed by atoms with van der Waals surface area (Å²) in [5.74, 6) is -0.132. The first kappa shape index (κ1) is 23.3. The number of benzene rings is 3. The summed E-state index contributed by atoms with van der Waals surface area (Å²) in [7, 11) is -0.984. The van der Waals surface area contributed by atoms with Gasteiger partial charge in [0.25, 0.3) is 10.0 Å². The second kappa shape index (κ2) is 10.3. The standard InChI is InChI=1S/C24H26N2O5S/c1-18-12-13-23(31-3)22(14-18)26(32(28,29)21-10-5-4-6-11-21)16-24(27)25-20-9-7-8-19(15-20)17-30-2/h4-15H,16-17H2,1-3H3,(H,25,27). The van der Waals surface area contributed by atoms with Gasteiger partial charge < -0.3 is 14.8 Å². The van der Waals surface area contributed by atoms with Crippen molar-refractivity contribution in [1.82, 2.24) is 0 Å². The van der Waals surface area contributed by atoms with Gasteiger partial charge in [-0.2, -0.15) is 0 Å². The molecule has 0 fully saturated rings. The molecule has 0 aliphatic carbocycles. The number of aryl methyl sites for hydroxylation is 1. The molecule has 3 rings (SSSR count). The molecule has 3 aromatic rings. The molecule has 168 valence electrons. The summed E-state index contributed by atoms with van der Waals surface area (Å²) in [6.07, 6.45) is 0. The van der Waals surface area contributed by atoms with E-state index in [1.54, 1.807) is 55.6 Å². The van der Waals surface area contributed by atoms with E-state index in [1.807, 2.05) is 19.1 Å². The molecule has 0 aromatic heterocycles. The van der Waals surface area contributed by atoms with E-state index in [2.05, 4.69) is 5.32 Å². The van der Waals surface area contributed by atoms with Crippen LogP contribution in [0.15, 0.2) is 77.7 Å². The maximum Gasteiger partial charge on any atom is 0.264 e. The molecule has 0 bridgehead atoms. The van der Waals surface area contributed by atoms with Crippen LogP contribution in [0, 0.1) is 6.92 Å². The molecule has 1 N–H and O–H groups in total. The molecule has 7 nitrogen and oxygen atoms in total. The van der Waals surface area contributed by atoms with E-state index in [9.17, 15) is 13.2 Å². The number of hydrogen-bond donors (Lipinski definition) is 1. The van der Waals surface area contributed by atoms with Crippen molar-refractivity contribution in [2.45, 2.75) is 18.4 Å². The van der Waals surface area contributed by atoms with Crippen LogP contribution in [0.25, 0.3) is 0 Å². The molecule has 3 aromatic carbocycles. The molecule has 1 amide bonds. The van der Waals surface area contributed by atoms with Gasteiger partial charge in [0, 0.05) is 12.8 Å². The fourth-order valence-electron chi connectivity index (χ4n) is 3.25. The number of rotatable bonds is 9. The van der Waals surface area contributed by atoms with Crippen LogP contribution in [0.2, 0.25) is 0 Å². The minimum atomic E-state index is -4.04. The average Bonchev–Trinajstić information content (AvgIpc) is 2.78. The van der Waals surface area contributed by atoms with Crippen molar-refractivity contribution in [3.8, 4) is 5.75 Å². The van der Waals surface area contributed by atoms with Crippen LogP contribution in [-0.4, -0.2) is 35.1 Å². The second-order valence-electron chi connectivity index (χ2n) is 7.18. The molecule has 0 radical (unpaired) electrons. The number of carbonyl (C=O) groups excluding carboxylic acids is 1. The minimum absolute atomic E-state index is 0.0819. The molecule has 0 heterocycles. The summed E-state index contributed by atoms with van der Waals surface area (Å²) in [4.78, 5) is 13.0. The van der Waals surface area contributed by atoms with Gasteiger partial charge in [0.2, 0.25) is 5.91 Å². The first-order valence-corrected chi connectivity index (χ1v) is 11.4. The van der Waals surface area contributed by atoms with Crippen molar-refractivity contribution >= 4 is 27.3 Å². The number of sulfonamides is 1. The van der Waals surface area contributed by atoms with Crippen molar-refractivity contribution in [3.05, 3.63) is 83.9 Å². The summed E-state index contributed by atoms with van der Waals surface area (Å²) in [6, 6.07) is 20.4. The Morgan fingerprint density at radius 1 is 0.969 bits per heavy atom. The Morgan fingerprint density at radius 2 is 1.72 bits per heavy atom. The lowest BCUT2D eigenvalue weighted by atomic mass is 10.2. The molecule has 0 aliphatic heterocycles. The lowest BCUT2D eigenvalue weighted by molar-refractivity contribution is -0.114. The van der Waals surface area contributed by atoms with Crippen LogP contribution in [0.5, 0.6) is 5.75 Å². The summed E-state index contributed by atoms with van der Waals surface area (Å²) in [5, 5.41) is 2.78. The summed E-state index contributed by atoms with van der Waals surface area (Å²) in [6.45, 7) is 1.82. The Balaban J connectivity index is 1.97. The molecule has 0 unspecified atom stereocenters. The second-order valence-corrected chi connectivity index (χ2v) is 9.04. The van der Waals surface area contributed by atoms with Crippen LogP contribution < -0.4 is 14.4 Å². The zero-order valence-electron chi connectivity index (χ0n) is 18.2. The van der Waals surface area contributed by atoms with Crippen molar-refractivity contribution in [1.29, 1.82) is 0 Å². The number of anilines is 2. The molecular weight excluding hydrogens is 428 g/mol. The largest absolute Gasteiger partial charge is 0.495 e. The third-order valence-electron chi connectivity index (χ3n) is 4.74. The van der Waals surface area contributed by atoms with Gasteiger partial charge in [-0.15, -0.1) is 0 Å². The molecule has 0 atom stereocenters. The number of amides is 1. The number of hydrogen-bond acceptors (Lipinski definition) is 5. The maximum atomic E-state index is 13.5. The van der Waals surface area contributed by atoms with E-state index in [-0.39, 0.29) is 4.90 Å². The van der Waals surface area contributed by atoms with Gasteiger partial charge in [-0.05, 0) is 54.4 Å². The predicted molar refractivity (Wildman–Crippen MR) is 124 cm³/mol. The van der Waals surface area contributed by atoms with Crippen molar-refractivity contribution < 1.29 is 22.7 Å². The highest BCUT2D eigenvalue weighted by molar-refractivity contribution is 7.92. The first-order valence-electron chi connectivity index (χ1n) is 9.95. The Bertz CT molecular complexity index is 1180. The Labute approximate surface area is 188 Å². The summed E-state index contributed by atoms with van der Waals surface area (Å²) in [5.41, 5.74) is 2.57. The van der Waals surface area contributed by atoms with Crippen LogP contribution in [-0.2, 0) is 26.2 Å². The highest BCUT2D eigenvalue weighted by Crippen LogP contribution is 2.33. The van der Waals surface area contributed by atoms with E-state index in [4.69, 9.17) is 9.47 Å². The number of nitrogens with one attached hydrogen (secondary N) is 1. The van der Waals surface area contributed by atoms with Gasteiger partial charge in [0.05, 0.1) is 24.3 Å². The maximum absolute atomic E-state index is 13.5. The zero-order valence-corrected chi connectivity index (χ0v) is 19.1. The Morgan fingerprint density at radius 3 is 2.41 bits per heavy atom. The average molecular weight is 455 g/mol. The van der Waals surface area contributed by atoms with Crippen molar-refractivity contribution in [2.24, 2.45) is 0 Å². The normalized spacial score (nSPS) is 11.1. The molecule has 32 heavy (non-hydrogen) atoms. The third-order valence-corrected chi connectivity index (χ3v) is 6.52. The topological polar surface area (TPSA) is 84.9 Å². The lowest BCUT2D eigenvalue weighted by Gasteiger charge is -2.26. The van der Waals surface area contributed by atoms with E-state index >= 15 is 0 Å². The number of nitrogens with zero attached hydrogens (tertiary/aromatic N) is 1. The molecule has 0 saturated heterocycles. The zero-order chi connectivity index (χ0) is 23.1. The molecule has 0 aliphatic rings. The highest BCUT2D eigenvalue weighted by Gasteiger charge is 2.29. The quantitative estimate of drug-likeness (QED) is 0.529. The highest BCUT2D eigenvalue weighted by atomic mass is 32.2. The van der Waals surface area contributed by atoms with Crippen molar-refractivity contribution in [2.75, 3.05) is 30.4 Å². The number of methoxy groups -OCH3 is 2. The van der Waals surface area contributed by atoms with E-state index in [0.29, 0.717) is 23.7 Å². The molecule has 0 saturated carbocycles. The van der Waals surface area contributed by atoms with Gasteiger partial charge in [-0.3, -0.25) is 9.10 Å². The minimum Gasteiger partial charge on any atom is -0.495 e. The van der Waals surface area contributed by atoms with Gasteiger partial charge in [0.1, 0.15) is 12.3 Å². The summed E-state index contributed by atoms with van der Waals surface area (Å²) < 4.78 is 38.6. The monoisotopic (exact) mass is 454 g/mol. The van der Waals surface area contributed by atoms with Gasteiger partial charge in [-0.25, -0.2) is 8.42 Å². The third kappa shape index (κ3) is 5.46. The van der Waals surface area contributed by atoms with Crippen LogP contribution >= 0.6 is 0 Å². The molecule has 8 heteroatoms. The SMILES string of the molecule is COCc1cccc(NC(=O)CN(c2cc(C)ccc2OC)S(=O)(=O)c2ccccc2)c1. The van der Waals surface area contributed by atoms with E-state index < -0.39 is 22.5 Å². The summed E-state index contributed by atoms with van der Waals surface area (Å²) >= 11 is 0.